The van der Waals surface area contributed by atoms with Crippen LogP contribution in [0, 0.1) is 5.82 Å². The number of benzene rings is 1. The molecule has 0 atom stereocenters. The third-order valence-electron chi connectivity index (χ3n) is 3.17. The minimum atomic E-state index is -0.246. The molecule has 0 spiro atoms. The van der Waals surface area contributed by atoms with Gasteiger partial charge in [-0.3, -0.25) is 4.98 Å². The number of furan rings is 1. The maximum Gasteiger partial charge on any atom is 0.134 e. The first kappa shape index (κ1) is 19.2. The monoisotopic (exact) mass is 354 g/mol. The Bertz CT molecular complexity index is 702. The molecule has 23 heavy (non-hydrogen) atoms. The molecule has 0 aliphatic heterocycles. The zero-order valence-corrected chi connectivity index (χ0v) is 13.9. The summed E-state index contributed by atoms with van der Waals surface area (Å²) in [5, 5.41) is 3.31. The topological polar surface area (TPSA) is 38.1 Å². The van der Waals surface area contributed by atoms with Gasteiger partial charge in [-0.25, -0.2) is 4.39 Å². The Labute approximate surface area is 146 Å². The Hall–Kier alpha value is -1.88. The van der Waals surface area contributed by atoms with Gasteiger partial charge in [0.1, 0.15) is 17.3 Å². The maximum absolute atomic E-state index is 12.9. The first-order valence-electron chi connectivity index (χ1n) is 6.75. The van der Waals surface area contributed by atoms with Crippen molar-refractivity contribution in [1.29, 1.82) is 0 Å². The number of pyridine rings is 1. The summed E-state index contributed by atoms with van der Waals surface area (Å²) in [5.41, 5.74) is 2.05. The summed E-state index contributed by atoms with van der Waals surface area (Å²) < 4.78 is 18.6. The van der Waals surface area contributed by atoms with Crippen LogP contribution >= 0.6 is 24.8 Å². The first-order chi connectivity index (χ1) is 10.3. The molecular formula is C17H17Cl2FN2O. The molecule has 0 saturated carbocycles. The molecule has 6 heteroatoms. The number of rotatable bonds is 5. The van der Waals surface area contributed by atoms with Gasteiger partial charge in [-0.05, 0) is 54.1 Å². The Morgan fingerprint density at radius 3 is 2.26 bits per heavy atom. The van der Waals surface area contributed by atoms with E-state index in [9.17, 15) is 4.39 Å². The van der Waals surface area contributed by atoms with E-state index in [-0.39, 0.29) is 30.6 Å². The van der Waals surface area contributed by atoms with Crippen molar-refractivity contribution in [2.75, 3.05) is 0 Å². The maximum atomic E-state index is 12.9. The molecule has 2 heterocycles. The standard InChI is InChI=1S/C17H15FN2O.2ClH/c18-15-3-1-14(2-4-15)17-6-5-16(21-17)12-20-11-13-7-9-19-10-8-13;;/h1-10,20H,11-12H2;2*1H. The van der Waals surface area contributed by atoms with Gasteiger partial charge in [0, 0.05) is 24.5 Å². The third-order valence-corrected chi connectivity index (χ3v) is 3.17. The minimum absolute atomic E-state index is 0. The van der Waals surface area contributed by atoms with Gasteiger partial charge in [0.25, 0.3) is 0 Å². The largest absolute Gasteiger partial charge is 0.460 e. The Morgan fingerprint density at radius 2 is 1.57 bits per heavy atom. The van der Waals surface area contributed by atoms with Crippen LogP contribution in [0.4, 0.5) is 4.39 Å². The SMILES string of the molecule is Cl.Cl.Fc1ccc(-c2ccc(CNCc3ccncc3)o2)cc1. The predicted molar refractivity (Wildman–Crippen MR) is 93.4 cm³/mol. The van der Waals surface area contributed by atoms with Crippen molar-refractivity contribution in [2.24, 2.45) is 0 Å². The number of hydrogen-bond acceptors (Lipinski definition) is 3. The highest BCUT2D eigenvalue weighted by Crippen LogP contribution is 2.22. The molecule has 0 saturated heterocycles. The third kappa shape index (κ3) is 5.36. The molecule has 0 amide bonds. The first-order valence-corrected chi connectivity index (χ1v) is 6.75. The minimum Gasteiger partial charge on any atom is -0.460 e. The van der Waals surface area contributed by atoms with Gasteiger partial charge in [-0.15, -0.1) is 24.8 Å². The summed E-state index contributed by atoms with van der Waals surface area (Å²) in [7, 11) is 0. The molecule has 2 aromatic heterocycles. The highest BCUT2D eigenvalue weighted by Gasteiger charge is 2.04. The molecule has 122 valence electrons. The summed E-state index contributed by atoms with van der Waals surface area (Å²) in [5.74, 6) is 1.35. The molecule has 3 nitrogen and oxygen atoms in total. The fraction of sp³-hybridized carbons (Fsp3) is 0.118. The Morgan fingerprint density at radius 1 is 0.870 bits per heavy atom. The van der Waals surface area contributed by atoms with Crippen LogP contribution in [0.15, 0.2) is 65.3 Å². The van der Waals surface area contributed by atoms with E-state index >= 15 is 0 Å². The summed E-state index contributed by atoms with van der Waals surface area (Å²) in [6.45, 7) is 1.40. The van der Waals surface area contributed by atoms with Crippen LogP contribution in [0.3, 0.4) is 0 Å². The second-order valence-electron chi connectivity index (χ2n) is 4.73. The van der Waals surface area contributed by atoms with Gasteiger partial charge >= 0.3 is 0 Å². The van der Waals surface area contributed by atoms with E-state index in [1.807, 2.05) is 24.3 Å². The number of nitrogens with zero attached hydrogens (tertiary/aromatic N) is 1. The van der Waals surface area contributed by atoms with E-state index < -0.39 is 0 Å². The van der Waals surface area contributed by atoms with Crippen LogP contribution in [0.1, 0.15) is 11.3 Å². The smallest absolute Gasteiger partial charge is 0.134 e. The van der Waals surface area contributed by atoms with Crippen LogP contribution in [-0.4, -0.2) is 4.98 Å². The number of aromatic nitrogens is 1. The average Bonchev–Trinajstić information content (AvgIpc) is 2.98. The van der Waals surface area contributed by atoms with Crippen LogP contribution in [0.2, 0.25) is 0 Å². The lowest BCUT2D eigenvalue weighted by Gasteiger charge is -2.02. The second-order valence-corrected chi connectivity index (χ2v) is 4.73. The van der Waals surface area contributed by atoms with Crippen molar-refractivity contribution in [2.45, 2.75) is 13.1 Å². The Kier molecular flexibility index (Phi) is 7.75. The van der Waals surface area contributed by atoms with Crippen molar-refractivity contribution < 1.29 is 8.81 Å². The van der Waals surface area contributed by atoms with Crippen LogP contribution in [-0.2, 0) is 13.1 Å². The van der Waals surface area contributed by atoms with Gasteiger partial charge < -0.3 is 9.73 Å². The fourth-order valence-corrected chi connectivity index (χ4v) is 2.07. The lowest BCUT2D eigenvalue weighted by atomic mass is 10.2. The van der Waals surface area contributed by atoms with Crippen molar-refractivity contribution in [3.05, 3.63) is 78.1 Å². The average molecular weight is 355 g/mol. The fourth-order valence-electron chi connectivity index (χ4n) is 2.07. The summed E-state index contributed by atoms with van der Waals surface area (Å²) >= 11 is 0. The number of nitrogens with one attached hydrogen (secondary N) is 1. The van der Waals surface area contributed by atoms with Gasteiger partial charge in [0.05, 0.1) is 6.54 Å². The van der Waals surface area contributed by atoms with Gasteiger partial charge in [-0.1, -0.05) is 0 Å². The highest BCUT2D eigenvalue weighted by molar-refractivity contribution is 5.85. The van der Waals surface area contributed by atoms with Crippen molar-refractivity contribution >= 4 is 24.8 Å². The van der Waals surface area contributed by atoms with E-state index in [0.29, 0.717) is 6.54 Å². The van der Waals surface area contributed by atoms with Crippen LogP contribution in [0.5, 0.6) is 0 Å². The molecule has 0 unspecified atom stereocenters. The summed E-state index contributed by atoms with van der Waals surface area (Å²) in [6, 6.07) is 14.1. The van der Waals surface area contributed by atoms with Crippen molar-refractivity contribution in [3.8, 4) is 11.3 Å². The molecule has 0 aliphatic carbocycles. The van der Waals surface area contributed by atoms with E-state index in [1.165, 1.54) is 17.7 Å². The van der Waals surface area contributed by atoms with Crippen molar-refractivity contribution in [3.63, 3.8) is 0 Å². The number of hydrogen-bond donors (Lipinski definition) is 1. The zero-order valence-electron chi connectivity index (χ0n) is 12.2. The molecule has 3 aromatic rings. The quantitative estimate of drug-likeness (QED) is 0.726. The zero-order chi connectivity index (χ0) is 14.5. The van der Waals surface area contributed by atoms with E-state index in [4.69, 9.17) is 4.42 Å². The molecule has 0 fully saturated rings. The summed E-state index contributed by atoms with van der Waals surface area (Å²) in [6.07, 6.45) is 3.55. The normalized spacial score (nSPS) is 9.78. The van der Waals surface area contributed by atoms with Crippen LogP contribution < -0.4 is 5.32 Å². The molecule has 0 aliphatic rings. The lowest BCUT2D eigenvalue weighted by Crippen LogP contribution is -2.11. The van der Waals surface area contributed by atoms with E-state index in [2.05, 4.69) is 10.3 Å². The molecular weight excluding hydrogens is 338 g/mol. The predicted octanol–water partition coefficient (Wildman–Crippen LogP) is 4.61. The molecule has 1 aromatic carbocycles. The highest BCUT2D eigenvalue weighted by atomic mass is 35.5. The van der Waals surface area contributed by atoms with Gasteiger partial charge in [0.2, 0.25) is 0 Å². The molecule has 0 radical (unpaired) electrons. The van der Waals surface area contributed by atoms with Crippen LogP contribution in [0.25, 0.3) is 11.3 Å². The lowest BCUT2D eigenvalue weighted by molar-refractivity contribution is 0.493. The van der Waals surface area contributed by atoms with Crippen molar-refractivity contribution in [1.82, 2.24) is 10.3 Å². The molecule has 3 rings (SSSR count). The summed E-state index contributed by atoms with van der Waals surface area (Å²) in [4.78, 5) is 3.98. The van der Waals surface area contributed by atoms with E-state index in [0.717, 1.165) is 23.6 Å². The second kappa shape index (κ2) is 9.30. The van der Waals surface area contributed by atoms with E-state index in [1.54, 1.807) is 24.5 Å². The number of halogens is 3. The van der Waals surface area contributed by atoms with Gasteiger partial charge in [-0.2, -0.15) is 0 Å². The Balaban J connectivity index is 0.00000132. The van der Waals surface area contributed by atoms with Gasteiger partial charge in [0.15, 0.2) is 0 Å². The molecule has 0 bridgehead atoms. The molecule has 1 N–H and O–H groups in total.